The van der Waals surface area contributed by atoms with Gasteiger partial charge in [0.2, 0.25) is 0 Å². The quantitative estimate of drug-likeness (QED) is 0.349. The van der Waals surface area contributed by atoms with Crippen molar-refractivity contribution in [1.29, 1.82) is 0 Å². The number of amides is 1. The molecule has 33 heavy (non-hydrogen) atoms. The zero-order chi connectivity index (χ0) is 22.2. The molecule has 2 aromatic carbocycles. The largest absolute Gasteiger partial charge is 1.00 e. The summed E-state index contributed by atoms with van der Waals surface area (Å²) in [6, 6.07) is 19.9. The van der Waals surface area contributed by atoms with Crippen molar-refractivity contribution in [1.82, 2.24) is 0 Å². The van der Waals surface area contributed by atoms with E-state index in [0.717, 1.165) is 61.4 Å². The molecule has 0 aliphatic carbocycles. The lowest BCUT2D eigenvalue weighted by molar-refractivity contribution is -0.946. The fraction of sp³-hybridized carbons (Fsp3) is 0.500. The molecule has 5 rings (SSSR count). The van der Waals surface area contributed by atoms with Crippen LogP contribution in [0.5, 0.6) is 0 Å². The molecule has 0 saturated carbocycles. The molecule has 3 aliphatic rings. The van der Waals surface area contributed by atoms with E-state index in [1.807, 2.05) is 60.7 Å². The predicted octanol–water partition coefficient (Wildman–Crippen LogP) is 1.11. The number of halogens is 1. The van der Waals surface area contributed by atoms with Crippen LogP contribution >= 0.6 is 0 Å². The lowest BCUT2D eigenvalue weighted by atomic mass is 9.83. The topological polar surface area (TPSA) is 48.0 Å². The summed E-state index contributed by atoms with van der Waals surface area (Å²) in [5.41, 5.74) is 1.94. The van der Waals surface area contributed by atoms with Crippen LogP contribution in [0, 0.1) is 5.92 Å². The number of ether oxygens (including phenoxy) is 3. The van der Waals surface area contributed by atoms with Gasteiger partial charge in [0.05, 0.1) is 39.5 Å². The highest BCUT2D eigenvalue weighted by molar-refractivity contribution is 5.87. The van der Waals surface area contributed by atoms with Crippen molar-refractivity contribution in [2.24, 2.45) is 5.92 Å². The molecule has 1 atom stereocenters. The first-order valence-electron chi connectivity index (χ1n) is 11.7. The van der Waals surface area contributed by atoms with Crippen LogP contribution in [0.15, 0.2) is 60.7 Å². The van der Waals surface area contributed by atoms with E-state index >= 15 is 0 Å². The van der Waals surface area contributed by atoms with Gasteiger partial charge >= 0.3 is 6.09 Å². The van der Waals surface area contributed by atoms with Crippen LogP contribution in [0.25, 0.3) is 0 Å². The molecule has 2 aromatic rings. The van der Waals surface area contributed by atoms with Crippen LogP contribution in [0.2, 0.25) is 0 Å². The normalized spacial score (nSPS) is 23.5. The highest BCUT2D eigenvalue weighted by Crippen LogP contribution is 2.36. The third-order valence-electron chi connectivity index (χ3n) is 6.91. The van der Waals surface area contributed by atoms with E-state index in [-0.39, 0.29) is 29.2 Å². The molecule has 3 fully saturated rings. The van der Waals surface area contributed by atoms with Gasteiger partial charge in [0.25, 0.3) is 0 Å². The number of carbonyl (C=O) groups is 1. The smallest absolute Gasteiger partial charge is 0.415 e. The summed E-state index contributed by atoms with van der Waals surface area (Å²) in [6.45, 7) is 6.63. The number of anilines is 1. The number of benzene rings is 2. The molecule has 3 saturated heterocycles. The average Bonchev–Trinajstić information content (AvgIpc) is 2.84. The molecule has 0 radical (unpaired) electrons. The van der Waals surface area contributed by atoms with Gasteiger partial charge in [0.1, 0.15) is 13.1 Å². The number of quaternary nitrogens is 1. The minimum atomic E-state index is -0.256. The number of fused-ring (bicyclic) bond motifs is 3. The predicted molar refractivity (Wildman–Crippen MR) is 124 cm³/mol. The number of piperidine rings is 3. The summed E-state index contributed by atoms with van der Waals surface area (Å²) in [7, 11) is 1.69. The van der Waals surface area contributed by atoms with Crippen molar-refractivity contribution in [3.63, 3.8) is 0 Å². The number of para-hydroxylation sites is 1. The fourth-order valence-corrected chi connectivity index (χ4v) is 5.00. The van der Waals surface area contributed by atoms with E-state index in [1.165, 1.54) is 0 Å². The van der Waals surface area contributed by atoms with E-state index in [1.54, 1.807) is 12.0 Å². The Kier molecular flexibility index (Phi) is 9.74. The van der Waals surface area contributed by atoms with Gasteiger partial charge in [-0.3, -0.25) is 4.90 Å². The van der Waals surface area contributed by atoms with E-state index in [0.29, 0.717) is 25.7 Å². The summed E-state index contributed by atoms with van der Waals surface area (Å²) in [6.07, 6.45) is 1.93. The van der Waals surface area contributed by atoms with E-state index in [9.17, 15) is 4.79 Å². The lowest BCUT2D eigenvalue weighted by Gasteiger charge is -2.52. The SMILES string of the molecule is COCCOCC[N+]12CCC(CC1)[C@@H](OC(=O)N(Cc1ccccc1)c1ccccc1)C2.[Br-]. The molecule has 2 bridgehead atoms. The fourth-order valence-electron chi connectivity index (χ4n) is 5.00. The van der Waals surface area contributed by atoms with Crippen molar-refractivity contribution >= 4 is 11.8 Å². The first-order chi connectivity index (χ1) is 15.7. The number of nitrogens with zero attached hydrogens (tertiary/aromatic N) is 2. The van der Waals surface area contributed by atoms with Gasteiger partial charge in [-0.1, -0.05) is 48.5 Å². The Morgan fingerprint density at radius 2 is 1.64 bits per heavy atom. The van der Waals surface area contributed by atoms with Crippen LogP contribution in [-0.2, 0) is 20.8 Å². The van der Waals surface area contributed by atoms with Gasteiger partial charge < -0.3 is 35.7 Å². The molecule has 180 valence electrons. The molecular weight excluding hydrogens is 484 g/mol. The van der Waals surface area contributed by atoms with Gasteiger partial charge in [-0.15, -0.1) is 0 Å². The maximum absolute atomic E-state index is 13.4. The van der Waals surface area contributed by atoms with Crippen LogP contribution in [0.1, 0.15) is 18.4 Å². The summed E-state index contributed by atoms with van der Waals surface area (Å²) in [5, 5.41) is 0. The number of carbonyl (C=O) groups excluding carboxylic acids is 1. The minimum absolute atomic E-state index is 0. The Morgan fingerprint density at radius 3 is 2.30 bits per heavy atom. The first-order valence-corrected chi connectivity index (χ1v) is 11.7. The van der Waals surface area contributed by atoms with E-state index < -0.39 is 0 Å². The second-order valence-corrected chi connectivity index (χ2v) is 8.97. The van der Waals surface area contributed by atoms with Gasteiger partial charge in [0, 0.05) is 31.6 Å². The van der Waals surface area contributed by atoms with Crippen LogP contribution < -0.4 is 21.9 Å². The molecule has 0 aromatic heterocycles. The Balaban J connectivity index is 0.00000306. The van der Waals surface area contributed by atoms with Gasteiger partial charge in [-0.25, -0.2) is 4.79 Å². The van der Waals surface area contributed by atoms with Crippen LogP contribution in [-0.4, -0.2) is 69.8 Å². The monoisotopic (exact) mass is 518 g/mol. The molecular formula is C26H35BrN2O4. The van der Waals surface area contributed by atoms with Crippen LogP contribution in [0.4, 0.5) is 10.5 Å². The number of rotatable bonds is 10. The first kappa shape index (κ1) is 25.7. The third-order valence-corrected chi connectivity index (χ3v) is 6.91. The van der Waals surface area contributed by atoms with Gasteiger partial charge in [0.15, 0.2) is 6.10 Å². The van der Waals surface area contributed by atoms with Gasteiger partial charge in [-0.05, 0) is 17.7 Å². The number of hydrogen-bond acceptors (Lipinski definition) is 4. The summed E-state index contributed by atoms with van der Waals surface area (Å²) < 4.78 is 18.0. The second kappa shape index (κ2) is 12.5. The summed E-state index contributed by atoms with van der Waals surface area (Å²) >= 11 is 0. The summed E-state index contributed by atoms with van der Waals surface area (Å²) in [4.78, 5) is 15.1. The van der Waals surface area contributed by atoms with Crippen molar-refractivity contribution < 1.29 is 40.5 Å². The average molecular weight is 519 g/mol. The van der Waals surface area contributed by atoms with Crippen molar-refractivity contribution in [3.05, 3.63) is 66.2 Å². The molecule has 3 heterocycles. The van der Waals surface area contributed by atoms with Crippen molar-refractivity contribution in [3.8, 4) is 0 Å². The molecule has 6 nitrogen and oxygen atoms in total. The molecule has 3 aliphatic heterocycles. The Morgan fingerprint density at radius 1 is 0.970 bits per heavy atom. The lowest BCUT2D eigenvalue weighted by Crippen LogP contribution is -3.00. The van der Waals surface area contributed by atoms with E-state index in [2.05, 4.69) is 0 Å². The van der Waals surface area contributed by atoms with Crippen molar-refractivity contribution in [2.45, 2.75) is 25.5 Å². The highest BCUT2D eigenvalue weighted by Gasteiger charge is 2.47. The minimum Gasteiger partial charge on any atom is -1.00 e. The Hall–Kier alpha value is -1.93. The molecule has 0 spiro atoms. The second-order valence-electron chi connectivity index (χ2n) is 8.97. The third kappa shape index (κ3) is 6.79. The maximum Gasteiger partial charge on any atom is 0.415 e. The standard InChI is InChI=1S/C26H35N2O4.BrH/c1-30-18-19-31-17-16-28-14-12-23(13-15-28)25(21-28)32-26(29)27(24-10-6-3-7-11-24)20-22-8-4-2-5-9-22;/h2-11,23,25H,12-21H2,1H3;1H/q+1;/p-1/t23?,25-,28?;/m0./s1. The Bertz CT molecular complexity index is 844. The summed E-state index contributed by atoms with van der Waals surface area (Å²) in [5.74, 6) is 0.461. The number of methoxy groups -OCH3 is 1. The zero-order valence-corrected chi connectivity index (χ0v) is 21.0. The molecule has 1 amide bonds. The Labute approximate surface area is 207 Å². The number of hydrogen-bond donors (Lipinski definition) is 0. The molecule has 0 N–H and O–H groups in total. The molecule has 7 heteroatoms. The maximum atomic E-state index is 13.4. The van der Waals surface area contributed by atoms with Gasteiger partial charge in [-0.2, -0.15) is 0 Å². The van der Waals surface area contributed by atoms with E-state index in [4.69, 9.17) is 14.2 Å². The zero-order valence-electron chi connectivity index (χ0n) is 19.4. The van der Waals surface area contributed by atoms with Crippen LogP contribution in [0.3, 0.4) is 0 Å². The highest BCUT2D eigenvalue weighted by atomic mass is 79.9. The van der Waals surface area contributed by atoms with Crippen molar-refractivity contribution in [2.75, 3.05) is 58.0 Å². The molecule has 0 unspecified atom stereocenters.